The molecule has 1 rings (SSSR count). The van der Waals surface area contributed by atoms with Crippen LogP contribution in [0.4, 0.5) is 0 Å². The van der Waals surface area contributed by atoms with Gasteiger partial charge in [-0.15, -0.1) is 0 Å². The highest BCUT2D eigenvalue weighted by molar-refractivity contribution is 5.25. The minimum atomic E-state index is 1.25. The molecule has 0 fully saturated rings. The second-order valence-electron chi connectivity index (χ2n) is 3.38. The summed E-state index contributed by atoms with van der Waals surface area (Å²) in [7, 11) is 0. The van der Waals surface area contributed by atoms with E-state index in [1.165, 1.54) is 36.8 Å². The second-order valence-corrected chi connectivity index (χ2v) is 3.38. The number of unbranched alkanes of at least 4 members (excludes halogenated alkanes) is 2. The average molecular weight is 192 g/mol. The van der Waals surface area contributed by atoms with Gasteiger partial charge in [-0.1, -0.05) is 57.9 Å². The molecule has 0 spiro atoms. The Bertz CT molecular complexity index is 225. The SMILES string of the molecule is CC.CCCCCc1ccccc1C. The maximum absolute atomic E-state index is 2.25. The first-order chi connectivity index (χ1) is 6.84. The summed E-state index contributed by atoms with van der Waals surface area (Å²) in [5, 5.41) is 0. The van der Waals surface area contributed by atoms with Crippen LogP contribution in [-0.4, -0.2) is 0 Å². The van der Waals surface area contributed by atoms with E-state index >= 15 is 0 Å². The molecule has 0 unspecified atom stereocenters. The molecule has 0 aliphatic rings. The topological polar surface area (TPSA) is 0 Å². The molecule has 0 nitrogen and oxygen atoms in total. The van der Waals surface area contributed by atoms with Crippen molar-refractivity contribution in [2.45, 2.75) is 53.4 Å². The summed E-state index contributed by atoms with van der Waals surface area (Å²) in [6.07, 6.45) is 5.25. The van der Waals surface area contributed by atoms with Crippen molar-refractivity contribution in [1.29, 1.82) is 0 Å². The van der Waals surface area contributed by atoms with E-state index in [0.29, 0.717) is 0 Å². The van der Waals surface area contributed by atoms with E-state index in [2.05, 4.69) is 38.1 Å². The highest BCUT2D eigenvalue weighted by Gasteiger charge is 1.95. The number of hydrogen-bond acceptors (Lipinski definition) is 0. The van der Waals surface area contributed by atoms with Crippen molar-refractivity contribution in [3.05, 3.63) is 35.4 Å². The van der Waals surface area contributed by atoms with E-state index in [-0.39, 0.29) is 0 Å². The first-order valence-corrected chi connectivity index (χ1v) is 5.89. The van der Waals surface area contributed by atoms with Crippen LogP contribution in [0.5, 0.6) is 0 Å². The van der Waals surface area contributed by atoms with E-state index in [0.717, 1.165) is 0 Å². The molecule has 1 aromatic carbocycles. The third-order valence-electron chi connectivity index (χ3n) is 2.31. The Hall–Kier alpha value is -0.780. The molecule has 0 aliphatic heterocycles. The molecule has 0 aromatic heterocycles. The summed E-state index contributed by atoms with van der Waals surface area (Å²) >= 11 is 0. The third-order valence-corrected chi connectivity index (χ3v) is 2.31. The van der Waals surface area contributed by atoms with Crippen LogP contribution >= 0.6 is 0 Å². The van der Waals surface area contributed by atoms with Crippen LogP contribution in [-0.2, 0) is 6.42 Å². The lowest BCUT2D eigenvalue weighted by molar-refractivity contribution is 0.715. The third kappa shape index (κ3) is 5.06. The Morgan fingerprint density at radius 2 is 1.64 bits per heavy atom. The molecule has 0 N–H and O–H groups in total. The lowest BCUT2D eigenvalue weighted by Crippen LogP contribution is -1.88. The van der Waals surface area contributed by atoms with Gasteiger partial charge in [0.15, 0.2) is 0 Å². The molecule has 1 aromatic rings. The molecule has 0 saturated heterocycles. The number of rotatable bonds is 4. The monoisotopic (exact) mass is 192 g/mol. The fourth-order valence-corrected chi connectivity index (χ4v) is 1.46. The van der Waals surface area contributed by atoms with Crippen LogP contribution in [0.3, 0.4) is 0 Å². The Morgan fingerprint density at radius 3 is 2.21 bits per heavy atom. The molecule has 0 heterocycles. The average Bonchev–Trinajstić information content (AvgIpc) is 2.24. The molecule has 0 heteroatoms. The number of hydrogen-bond donors (Lipinski definition) is 0. The zero-order valence-corrected chi connectivity index (χ0v) is 10.1. The minimum absolute atomic E-state index is 1.25. The Kier molecular flexibility index (Phi) is 8.31. The van der Waals surface area contributed by atoms with Gasteiger partial charge in [0.1, 0.15) is 0 Å². The van der Waals surface area contributed by atoms with Crippen molar-refractivity contribution in [3.8, 4) is 0 Å². The molecule has 14 heavy (non-hydrogen) atoms. The van der Waals surface area contributed by atoms with Crippen molar-refractivity contribution in [3.63, 3.8) is 0 Å². The number of benzene rings is 1. The standard InChI is InChI=1S/C12H18.C2H6/c1-3-4-5-9-12-10-7-6-8-11(12)2;1-2/h6-8,10H,3-5,9H2,1-2H3;1-2H3. The van der Waals surface area contributed by atoms with E-state index in [9.17, 15) is 0 Å². The fourth-order valence-electron chi connectivity index (χ4n) is 1.46. The quantitative estimate of drug-likeness (QED) is 0.604. The second kappa shape index (κ2) is 8.80. The highest BCUT2D eigenvalue weighted by atomic mass is 14.0. The van der Waals surface area contributed by atoms with Crippen LogP contribution in [0, 0.1) is 6.92 Å². The van der Waals surface area contributed by atoms with E-state index < -0.39 is 0 Å². The molecule has 0 radical (unpaired) electrons. The Morgan fingerprint density at radius 1 is 1.00 bits per heavy atom. The van der Waals surface area contributed by atoms with Gasteiger partial charge in [0.2, 0.25) is 0 Å². The van der Waals surface area contributed by atoms with Gasteiger partial charge < -0.3 is 0 Å². The summed E-state index contributed by atoms with van der Waals surface area (Å²) < 4.78 is 0. The minimum Gasteiger partial charge on any atom is -0.0683 e. The highest BCUT2D eigenvalue weighted by Crippen LogP contribution is 2.10. The van der Waals surface area contributed by atoms with Crippen molar-refractivity contribution >= 4 is 0 Å². The van der Waals surface area contributed by atoms with Crippen LogP contribution in [0.25, 0.3) is 0 Å². The van der Waals surface area contributed by atoms with E-state index in [1.54, 1.807) is 0 Å². The van der Waals surface area contributed by atoms with Crippen molar-refractivity contribution in [2.75, 3.05) is 0 Å². The Labute approximate surface area is 89.4 Å². The molecule has 80 valence electrons. The summed E-state index contributed by atoms with van der Waals surface area (Å²) in [5.41, 5.74) is 2.96. The summed E-state index contributed by atoms with van der Waals surface area (Å²) in [4.78, 5) is 0. The van der Waals surface area contributed by atoms with Crippen molar-refractivity contribution in [1.82, 2.24) is 0 Å². The first-order valence-electron chi connectivity index (χ1n) is 5.89. The van der Waals surface area contributed by atoms with Crippen LogP contribution < -0.4 is 0 Å². The predicted octanol–water partition coefficient (Wildman–Crippen LogP) is 4.75. The van der Waals surface area contributed by atoms with Gasteiger partial charge in [-0.05, 0) is 30.9 Å². The van der Waals surface area contributed by atoms with Crippen molar-refractivity contribution in [2.24, 2.45) is 0 Å². The van der Waals surface area contributed by atoms with Gasteiger partial charge in [-0.25, -0.2) is 0 Å². The van der Waals surface area contributed by atoms with Gasteiger partial charge in [-0.2, -0.15) is 0 Å². The molecule has 0 atom stereocenters. The normalized spacial score (nSPS) is 9.14. The van der Waals surface area contributed by atoms with Gasteiger partial charge in [0.05, 0.1) is 0 Å². The molecular weight excluding hydrogens is 168 g/mol. The van der Waals surface area contributed by atoms with Crippen molar-refractivity contribution < 1.29 is 0 Å². The molecule has 0 amide bonds. The Balaban J connectivity index is 0.000000791. The van der Waals surface area contributed by atoms with Crippen LogP contribution in [0.2, 0.25) is 0 Å². The first kappa shape index (κ1) is 13.2. The summed E-state index contributed by atoms with van der Waals surface area (Å²) in [6, 6.07) is 8.68. The van der Waals surface area contributed by atoms with Gasteiger partial charge >= 0.3 is 0 Å². The summed E-state index contributed by atoms with van der Waals surface area (Å²) in [6.45, 7) is 8.44. The van der Waals surface area contributed by atoms with Gasteiger partial charge in [0.25, 0.3) is 0 Å². The maximum Gasteiger partial charge on any atom is -0.0276 e. The predicted molar refractivity (Wildman–Crippen MR) is 65.8 cm³/mol. The summed E-state index contributed by atoms with van der Waals surface area (Å²) in [5.74, 6) is 0. The van der Waals surface area contributed by atoms with E-state index in [1.807, 2.05) is 13.8 Å². The van der Waals surface area contributed by atoms with Crippen LogP contribution in [0.15, 0.2) is 24.3 Å². The fraction of sp³-hybridized carbons (Fsp3) is 0.571. The van der Waals surface area contributed by atoms with E-state index in [4.69, 9.17) is 0 Å². The van der Waals surface area contributed by atoms with Gasteiger partial charge in [0, 0.05) is 0 Å². The lowest BCUT2D eigenvalue weighted by atomic mass is 10.0. The van der Waals surface area contributed by atoms with Crippen LogP contribution in [0.1, 0.15) is 51.2 Å². The zero-order valence-electron chi connectivity index (χ0n) is 10.1. The molecule has 0 aliphatic carbocycles. The van der Waals surface area contributed by atoms with Gasteiger partial charge in [-0.3, -0.25) is 0 Å². The smallest absolute Gasteiger partial charge is 0.0276 e. The largest absolute Gasteiger partial charge is 0.0683 e. The zero-order chi connectivity index (χ0) is 10.8. The number of aryl methyl sites for hydroxylation is 2. The molecule has 0 bridgehead atoms. The molecular formula is C14H24. The lowest BCUT2D eigenvalue weighted by Gasteiger charge is -2.03. The maximum atomic E-state index is 2.25. The molecule has 0 saturated carbocycles.